The van der Waals surface area contributed by atoms with Crippen LogP contribution in [-0.4, -0.2) is 26.2 Å². The molecule has 0 bridgehead atoms. The van der Waals surface area contributed by atoms with Gasteiger partial charge in [0, 0.05) is 11.4 Å². The van der Waals surface area contributed by atoms with E-state index in [4.69, 9.17) is 5.11 Å². The van der Waals surface area contributed by atoms with Gasteiger partial charge in [-0.05, 0) is 24.6 Å². The minimum absolute atomic E-state index is 0.0730. The predicted molar refractivity (Wildman–Crippen MR) is 86.1 cm³/mol. The van der Waals surface area contributed by atoms with Crippen molar-refractivity contribution < 1.29 is 9.90 Å². The van der Waals surface area contributed by atoms with E-state index in [9.17, 15) is 4.79 Å². The van der Waals surface area contributed by atoms with Gasteiger partial charge in [-0.3, -0.25) is 9.89 Å². The number of aromatic amines is 1. The standard InChI is InChI=1S/C15H16N4O2S/c1-2-3-11-10(7-16-19-11)15(21)17-9-4-5-13-12(6-9)18-14(8-20)22-13/h4-7,20H,2-3,8H2,1H3,(H,16,19)(H,17,21). The van der Waals surface area contributed by atoms with Gasteiger partial charge in [0.25, 0.3) is 5.91 Å². The second-order valence-corrected chi connectivity index (χ2v) is 6.03. The second kappa shape index (κ2) is 6.25. The average molecular weight is 316 g/mol. The number of aliphatic hydroxyl groups is 1. The number of nitrogens with zero attached hydrogens (tertiary/aromatic N) is 2. The van der Waals surface area contributed by atoms with E-state index < -0.39 is 0 Å². The summed E-state index contributed by atoms with van der Waals surface area (Å²) >= 11 is 1.44. The van der Waals surface area contributed by atoms with E-state index in [-0.39, 0.29) is 12.5 Å². The van der Waals surface area contributed by atoms with Crippen molar-refractivity contribution in [2.45, 2.75) is 26.4 Å². The highest BCUT2D eigenvalue weighted by Gasteiger charge is 2.14. The summed E-state index contributed by atoms with van der Waals surface area (Å²) in [6.45, 7) is 1.98. The van der Waals surface area contributed by atoms with Gasteiger partial charge in [0.05, 0.1) is 28.6 Å². The number of carbonyl (C=O) groups excluding carboxylic acids is 1. The van der Waals surface area contributed by atoms with Crippen molar-refractivity contribution in [1.29, 1.82) is 0 Å². The summed E-state index contributed by atoms with van der Waals surface area (Å²) in [6, 6.07) is 5.53. The van der Waals surface area contributed by atoms with Crippen molar-refractivity contribution in [3.05, 3.63) is 40.7 Å². The molecule has 0 saturated heterocycles. The van der Waals surface area contributed by atoms with Gasteiger partial charge >= 0.3 is 0 Å². The molecule has 3 N–H and O–H groups in total. The normalized spacial score (nSPS) is 11.0. The number of anilines is 1. The number of aromatic nitrogens is 3. The van der Waals surface area contributed by atoms with Crippen LogP contribution in [0.3, 0.4) is 0 Å². The summed E-state index contributed by atoms with van der Waals surface area (Å²) in [4.78, 5) is 16.6. The number of aryl methyl sites for hydroxylation is 1. The molecule has 2 aromatic heterocycles. The number of rotatable bonds is 5. The third-order valence-electron chi connectivity index (χ3n) is 3.29. The van der Waals surface area contributed by atoms with Gasteiger partial charge in [0.2, 0.25) is 0 Å². The Morgan fingerprint density at radius 3 is 3.09 bits per heavy atom. The zero-order valence-electron chi connectivity index (χ0n) is 12.1. The molecule has 0 atom stereocenters. The average Bonchev–Trinajstić information content (AvgIpc) is 3.13. The Morgan fingerprint density at radius 1 is 1.45 bits per heavy atom. The lowest BCUT2D eigenvalue weighted by molar-refractivity contribution is 0.102. The fourth-order valence-corrected chi connectivity index (χ4v) is 3.08. The van der Waals surface area contributed by atoms with Crippen LogP contribution in [0.1, 0.15) is 34.4 Å². The van der Waals surface area contributed by atoms with Crippen molar-refractivity contribution in [3.8, 4) is 0 Å². The largest absolute Gasteiger partial charge is 0.389 e. The van der Waals surface area contributed by atoms with Crippen molar-refractivity contribution >= 4 is 33.1 Å². The van der Waals surface area contributed by atoms with Gasteiger partial charge in [0.15, 0.2) is 0 Å². The first-order chi connectivity index (χ1) is 10.7. The molecule has 3 aromatic rings. The first-order valence-corrected chi connectivity index (χ1v) is 7.87. The van der Waals surface area contributed by atoms with E-state index >= 15 is 0 Å². The molecular weight excluding hydrogens is 300 g/mol. The zero-order valence-corrected chi connectivity index (χ0v) is 12.9. The fraction of sp³-hybridized carbons (Fsp3) is 0.267. The highest BCUT2D eigenvalue weighted by atomic mass is 32.1. The summed E-state index contributed by atoms with van der Waals surface area (Å²) in [5.74, 6) is -0.186. The highest BCUT2D eigenvalue weighted by Crippen LogP contribution is 2.25. The first-order valence-electron chi connectivity index (χ1n) is 7.05. The smallest absolute Gasteiger partial charge is 0.259 e. The second-order valence-electron chi connectivity index (χ2n) is 4.91. The molecule has 7 heteroatoms. The summed E-state index contributed by atoms with van der Waals surface area (Å²) < 4.78 is 0.983. The Kier molecular flexibility index (Phi) is 4.17. The van der Waals surface area contributed by atoms with E-state index in [1.54, 1.807) is 6.20 Å². The van der Waals surface area contributed by atoms with Crippen molar-refractivity contribution in [3.63, 3.8) is 0 Å². The lowest BCUT2D eigenvalue weighted by atomic mass is 10.1. The monoisotopic (exact) mass is 316 g/mol. The van der Waals surface area contributed by atoms with Gasteiger partial charge in [0.1, 0.15) is 5.01 Å². The molecule has 0 aliphatic carbocycles. The number of aliphatic hydroxyl groups excluding tert-OH is 1. The predicted octanol–water partition coefficient (Wildman–Crippen LogP) is 2.72. The minimum Gasteiger partial charge on any atom is -0.389 e. The van der Waals surface area contributed by atoms with Crippen LogP contribution < -0.4 is 5.32 Å². The van der Waals surface area contributed by atoms with Gasteiger partial charge in [-0.15, -0.1) is 11.3 Å². The lowest BCUT2D eigenvalue weighted by Gasteiger charge is -2.05. The number of carbonyl (C=O) groups is 1. The zero-order chi connectivity index (χ0) is 15.5. The van der Waals surface area contributed by atoms with E-state index in [1.165, 1.54) is 11.3 Å². The van der Waals surface area contributed by atoms with Crippen molar-refractivity contribution in [1.82, 2.24) is 15.2 Å². The number of hydrogen-bond donors (Lipinski definition) is 3. The Balaban J connectivity index is 1.82. The third kappa shape index (κ3) is 2.86. The fourth-order valence-electron chi connectivity index (χ4n) is 2.27. The quantitative estimate of drug-likeness (QED) is 0.675. The number of thiazole rings is 1. The molecule has 0 radical (unpaired) electrons. The molecule has 1 amide bonds. The maximum Gasteiger partial charge on any atom is 0.259 e. The Morgan fingerprint density at radius 2 is 2.32 bits per heavy atom. The highest BCUT2D eigenvalue weighted by molar-refractivity contribution is 7.18. The van der Waals surface area contributed by atoms with Gasteiger partial charge in [-0.25, -0.2) is 4.98 Å². The molecule has 0 unspecified atom stereocenters. The first kappa shape index (κ1) is 14.7. The van der Waals surface area contributed by atoms with E-state index in [0.29, 0.717) is 16.3 Å². The minimum atomic E-state index is -0.186. The Bertz CT molecular complexity index is 809. The lowest BCUT2D eigenvalue weighted by Crippen LogP contribution is -2.13. The molecule has 0 aliphatic heterocycles. The molecule has 3 rings (SSSR count). The number of benzene rings is 1. The molecule has 0 fully saturated rings. The van der Waals surface area contributed by atoms with Gasteiger partial charge in [-0.2, -0.15) is 5.10 Å². The summed E-state index contributed by atoms with van der Waals surface area (Å²) in [7, 11) is 0. The van der Waals surface area contributed by atoms with Crippen LogP contribution in [0.5, 0.6) is 0 Å². The number of H-pyrrole nitrogens is 1. The van der Waals surface area contributed by atoms with Gasteiger partial charge in [-0.1, -0.05) is 13.3 Å². The van der Waals surface area contributed by atoms with Crippen LogP contribution in [0.25, 0.3) is 10.2 Å². The molecule has 114 valence electrons. The van der Waals surface area contributed by atoms with E-state index in [0.717, 1.165) is 28.8 Å². The number of nitrogens with one attached hydrogen (secondary N) is 2. The molecule has 2 heterocycles. The maximum absolute atomic E-state index is 12.3. The molecule has 0 saturated carbocycles. The summed E-state index contributed by atoms with van der Waals surface area (Å²) in [5, 5.41) is 19.5. The Labute approximate surface area is 131 Å². The third-order valence-corrected chi connectivity index (χ3v) is 4.31. The molecule has 6 nitrogen and oxygen atoms in total. The molecular formula is C15H16N4O2S. The molecule has 1 aromatic carbocycles. The maximum atomic E-state index is 12.3. The molecule has 22 heavy (non-hydrogen) atoms. The Hall–Kier alpha value is -2.25. The SMILES string of the molecule is CCCc1[nH]ncc1C(=O)Nc1ccc2sc(CO)nc2c1. The molecule has 0 aliphatic rings. The van der Waals surface area contributed by atoms with Crippen molar-refractivity contribution in [2.75, 3.05) is 5.32 Å². The van der Waals surface area contributed by atoms with E-state index in [1.807, 2.05) is 18.2 Å². The van der Waals surface area contributed by atoms with Crippen LogP contribution in [0.15, 0.2) is 24.4 Å². The van der Waals surface area contributed by atoms with Crippen LogP contribution >= 0.6 is 11.3 Å². The van der Waals surface area contributed by atoms with E-state index in [2.05, 4.69) is 27.4 Å². The van der Waals surface area contributed by atoms with Crippen LogP contribution in [0.4, 0.5) is 5.69 Å². The topological polar surface area (TPSA) is 90.9 Å². The van der Waals surface area contributed by atoms with Crippen LogP contribution in [0.2, 0.25) is 0 Å². The van der Waals surface area contributed by atoms with Crippen LogP contribution in [0, 0.1) is 0 Å². The summed E-state index contributed by atoms with van der Waals surface area (Å²) in [6.07, 6.45) is 3.27. The van der Waals surface area contributed by atoms with Crippen LogP contribution in [-0.2, 0) is 13.0 Å². The van der Waals surface area contributed by atoms with Crippen molar-refractivity contribution in [2.24, 2.45) is 0 Å². The number of amides is 1. The number of fused-ring (bicyclic) bond motifs is 1. The van der Waals surface area contributed by atoms with Gasteiger partial charge < -0.3 is 10.4 Å². The number of hydrogen-bond acceptors (Lipinski definition) is 5. The summed E-state index contributed by atoms with van der Waals surface area (Å²) in [5.41, 5.74) is 2.86. The molecule has 0 spiro atoms.